The highest BCUT2D eigenvalue weighted by Crippen LogP contribution is 2.46. The Labute approximate surface area is 219 Å². The van der Waals surface area contributed by atoms with E-state index in [4.69, 9.17) is 0 Å². The number of ketones is 2. The molecule has 5 nitrogen and oxygen atoms in total. The van der Waals surface area contributed by atoms with Gasteiger partial charge in [0.25, 0.3) is 0 Å². The van der Waals surface area contributed by atoms with E-state index in [-0.39, 0.29) is 23.7 Å². The number of carbonyl (C=O) groups is 4. The minimum Gasteiger partial charge on any atom is -0.293 e. The van der Waals surface area contributed by atoms with E-state index in [2.05, 4.69) is 65.2 Å². The summed E-state index contributed by atoms with van der Waals surface area (Å²) >= 11 is 9.48. The van der Waals surface area contributed by atoms with E-state index < -0.39 is 0 Å². The summed E-state index contributed by atoms with van der Waals surface area (Å²) in [6.45, 7) is 12.5. The Hall–Kier alpha value is -1.16. The normalized spacial score (nSPS) is 25.5. The Balaban J connectivity index is 0.000000143. The van der Waals surface area contributed by atoms with Crippen LogP contribution in [0.25, 0.3) is 0 Å². The van der Waals surface area contributed by atoms with E-state index in [1.54, 1.807) is 22.7 Å². The third kappa shape index (κ3) is 4.83. The van der Waals surface area contributed by atoms with Crippen LogP contribution in [0, 0.1) is 25.7 Å². The maximum atomic E-state index is 11.8. The summed E-state index contributed by atoms with van der Waals surface area (Å²) in [5.41, 5.74) is 5.12. The van der Waals surface area contributed by atoms with Crippen molar-refractivity contribution in [3.05, 3.63) is 41.2 Å². The number of Topliss-reactive ketones (excluding diaryl/α,β-unsaturated/α-hetero) is 2. The van der Waals surface area contributed by atoms with Crippen LogP contribution in [-0.2, 0) is 9.59 Å². The van der Waals surface area contributed by atoms with Crippen molar-refractivity contribution in [1.82, 2.24) is 3.93 Å². The SMILES string of the molecule is Cc1c(Br)sc2c1C(C)C(C)C2=O.Cc1csc2c1C(C)C(C)C2=O.O=C1CCC(=O)N1Br. The van der Waals surface area contributed by atoms with Crippen LogP contribution in [0.5, 0.6) is 0 Å². The molecule has 9 heteroatoms. The fourth-order valence-corrected chi connectivity index (χ4v) is 7.78. The van der Waals surface area contributed by atoms with E-state index >= 15 is 0 Å². The molecule has 2 aliphatic carbocycles. The van der Waals surface area contributed by atoms with Gasteiger partial charge in [-0.05, 0) is 69.2 Å². The number of rotatable bonds is 0. The molecule has 0 bridgehead atoms. The van der Waals surface area contributed by atoms with Gasteiger partial charge in [0.15, 0.2) is 11.6 Å². The zero-order valence-corrected chi connectivity index (χ0v) is 24.3. The first-order chi connectivity index (χ1) is 15.4. The molecular weight excluding hydrogens is 590 g/mol. The number of hydrogen-bond donors (Lipinski definition) is 0. The fourth-order valence-electron chi connectivity index (χ4n) is 4.36. The van der Waals surface area contributed by atoms with Gasteiger partial charge in [0, 0.05) is 24.7 Å². The molecule has 0 radical (unpaired) electrons. The van der Waals surface area contributed by atoms with E-state index in [0.29, 0.717) is 36.2 Å². The van der Waals surface area contributed by atoms with Gasteiger partial charge in [-0.25, -0.2) is 3.93 Å². The molecule has 1 aliphatic heterocycles. The molecule has 0 N–H and O–H groups in total. The van der Waals surface area contributed by atoms with Gasteiger partial charge < -0.3 is 0 Å². The maximum Gasteiger partial charge on any atom is 0.239 e. The third-order valence-electron chi connectivity index (χ3n) is 6.83. The Kier molecular flexibility index (Phi) is 8.19. The minimum atomic E-state index is -0.144. The summed E-state index contributed by atoms with van der Waals surface area (Å²) in [7, 11) is 0. The molecule has 0 spiro atoms. The molecular formula is C24H27Br2NO4S2. The van der Waals surface area contributed by atoms with Crippen LogP contribution in [0.3, 0.4) is 0 Å². The van der Waals surface area contributed by atoms with Gasteiger partial charge in [-0.2, -0.15) is 0 Å². The molecule has 0 aromatic carbocycles. The minimum absolute atomic E-state index is 0.144. The van der Waals surface area contributed by atoms with Gasteiger partial charge in [-0.3, -0.25) is 19.2 Å². The lowest BCUT2D eigenvalue weighted by atomic mass is 9.95. The summed E-state index contributed by atoms with van der Waals surface area (Å²) in [5.74, 6) is 1.57. The summed E-state index contributed by atoms with van der Waals surface area (Å²) in [6.07, 6.45) is 0.703. The van der Waals surface area contributed by atoms with Crippen molar-refractivity contribution >= 4 is 78.1 Å². The van der Waals surface area contributed by atoms with Crippen molar-refractivity contribution in [2.45, 2.75) is 66.2 Å². The second-order valence-corrected chi connectivity index (χ2v) is 12.8. The number of fused-ring (bicyclic) bond motifs is 2. The second-order valence-electron chi connectivity index (χ2n) is 8.86. The Morgan fingerprint density at radius 2 is 1.30 bits per heavy atom. The van der Waals surface area contributed by atoms with Crippen molar-refractivity contribution in [1.29, 1.82) is 0 Å². The molecule has 33 heavy (non-hydrogen) atoms. The van der Waals surface area contributed by atoms with Crippen LogP contribution in [0.2, 0.25) is 0 Å². The first-order valence-electron chi connectivity index (χ1n) is 10.8. The average molecular weight is 617 g/mol. The van der Waals surface area contributed by atoms with Crippen LogP contribution >= 0.6 is 54.8 Å². The molecule has 2 aromatic heterocycles. The largest absolute Gasteiger partial charge is 0.293 e. The lowest BCUT2D eigenvalue weighted by molar-refractivity contribution is -0.131. The van der Waals surface area contributed by atoms with Crippen molar-refractivity contribution in [2.24, 2.45) is 11.8 Å². The van der Waals surface area contributed by atoms with E-state index in [9.17, 15) is 19.2 Å². The van der Waals surface area contributed by atoms with Crippen LogP contribution in [-0.4, -0.2) is 27.3 Å². The molecule has 3 heterocycles. The number of imide groups is 1. The van der Waals surface area contributed by atoms with Crippen LogP contribution < -0.4 is 0 Å². The average Bonchev–Trinajstić information content (AvgIpc) is 3.51. The highest BCUT2D eigenvalue weighted by atomic mass is 79.9. The van der Waals surface area contributed by atoms with Crippen LogP contribution in [0.4, 0.5) is 0 Å². The number of nitrogens with zero attached hydrogens (tertiary/aromatic N) is 1. The Bertz CT molecular complexity index is 1120. The van der Waals surface area contributed by atoms with Crippen molar-refractivity contribution < 1.29 is 19.2 Å². The molecule has 3 aliphatic rings. The van der Waals surface area contributed by atoms with Gasteiger partial charge in [0.05, 0.1) is 29.7 Å². The lowest BCUT2D eigenvalue weighted by Gasteiger charge is -2.09. The predicted octanol–water partition coefficient (Wildman–Crippen LogP) is 7.19. The molecule has 2 aromatic rings. The van der Waals surface area contributed by atoms with Gasteiger partial charge in [0.1, 0.15) is 0 Å². The zero-order valence-electron chi connectivity index (χ0n) is 19.5. The first kappa shape index (κ1) is 26.4. The number of thiophene rings is 2. The van der Waals surface area contributed by atoms with Crippen LogP contribution in [0.15, 0.2) is 9.17 Å². The first-order valence-corrected chi connectivity index (χ1v) is 14.0. The topological polar surface area (TPSA) is 71.5 Å². The molecule has 4 unspecified atom stereocenters. The van der Waals surface area contributed by atoms with Crippen molar-refractivity contribution in [2.75, 3.05) is 0 Å². The molecule has 0 saturated carbocycles. The van der Waals surface area contributed by atoms with E-state index in [1.165, 1.54) is 22.3 Å². The van der Waals surface area contributed by atoms with Gasteiger partial charge in [-0.15, -0.1) is 22.7 Å². The molecule has 178 valence electrons. The Morgan fingerprint density at radius 3 is 1.73 bits per heavy atom. The number of hydrogen-bond acceptors (Lipinski definition) is 6. The highest BCUT2D eigenvalue weighted by molar-refractivity contribution is 9.11. The summed E-state index contributed by atoms with van der Waals surface area (Å²) in [5, 5.41) is 2.09. The number of aryl methyl sites for hydroxylation is 1. The summed E-state index contributed by atoms with van der Waals surface area (Å²) in [4.78, 5) is 46.3. The smallest absolute Gasteiger partial charge is 0.239 e. The van der Waals surface area contributed by atoms with Gasteiger partial charge in [0.2, 0.25) is 11.8 Å². The summed E-state index contributed by atoms with van der Waals surface area (Å²) in [6, 6.07) is 0. The quantitative estimate of drug-likeness (QED) is 0.232. The zero-order chi connectivity index (χ0) is 24.8. The number of carbonyl (C=O) groups excluding carboxylic acids is 4. The van der Waals surface area contributed by atoms with E-state index in [1.807, 2.05) is 13.8 Å². The molecule has 2 amide bonds. The van der Waals surface area contributed by atoms with Crippen LogP contribution in [0.1, 0.15) is 94.0 Å². The van der Waals surface area contributed by atoms with Crippen molar-refractivity contribution in [3.63, 3.8) is 0 Å². The third-order valence-corrected chi connectivity index (χ3v) is 10.9. The van der Waals surface area contributed by atoms with Gasteiger partial charge in [-0.1, -0.05) is 27.7 Å². The maximum absolute atomic E-state index is 11.8. The van der Waals surface area contributed by atoms with E-state index in [0.717, 1.165) is 17.5 Å². The Morgan fingerprint density at radius 1 is 0.818 bits per heavy atom. The molecule has 5 rings (SSSR count). The molecule has 4 atom stereocenters. The monoisotopic (exact) mass is 615 g/mol. The van der Waals surface area contributed by atoms with Crippen molar-refractivity contribution in [3.8, 4) is 0 Å². The second kappa shape index (κ2) is 10.2. The summed E-state index contributed by atoms with van der Waals surface area (Å²) < 4.78 is 2.09. The highest BCUT2D eigenvalue weighted by Gasteiger charge is 2.38. The standard InChI is InChI=1S/C10H11BrOS.C10H12OS.C4H4BrNO2/c1-4-5(2)8(12)9-7(4)6(3)10(11)13-9;1-5-4-12-10-8(5)6(2)7(3)9(10)11;5-6-3(7)1-2-4(6)8/h4-5H,1-3H3;4,6-7H,1-3H3;1-2H2. The number of halogens is 2. The fraction of sp³-hybridized carbons (Fsp3) is 0.500. The predicted molar refractivity (Wildman–Crippen MR) is 140 cm³/mol. The molecule has 1 saturated heterocycles. The lowest BCUT2D eigenvalue weighted by Crippen LogP contribution is -2.16. The molecule has 1 fully saturated rings. The number of amides is 2. The van der Waals surface area contributed by atoms with Gasteiger partial charge >= 0.3 is 0 Å².